The monoisotopic (exact) mass is 380 g/mol. The predicted molar refractivity (Wildman–Crippen MR) is 94.5 cm³/mol. The topological polar surface area (TPSA) is 108 Å². The fourth-order valence-electron chi connectivity index (χ4n) is 1.97. The number of hydrogen-bond donors (Lipinski definition) is 1. The van der Waals surface area contributed by atoms with E-state index in [2.05, 4.69) is 10.5 Å². The van der Waals surface area contributed by atoms with Gasteiger partial charge in [-0.15, -0.1) is 11.3 Å². The van der Waals surface area contributed by atoms with Crippen LogP contribution in [-0.2, 0) is 14.3 Å². The second-order valence-electron chi connectivity index (χ2n) is 5.72. The molecule has 9 heteroatoms. The first-order valence-electron chi connectivity index (χ1n) is 8.03. The minimum Gasteiger partial charge on any atom is -0.462 e. The van der Waals surface area contributed by atoms with Gasteiger partial charge in [-0.1, -0.05) is 19.0 Å². The van der Waals surface area contributed by atoms with Crippen molar-refractivity contribution in [2.75, 3.05) is 18.5 Å². The number of nitrogens with zero attached hydrogens (tertiary/aromatic N) is 1. The highest BCUT2D eigenvalue weighted by Crippen LogP contribution is 2.33. The lowest BCUT2D eigenvalue weighted by atomic mass is 10.1. The summed E-state index contributed by atoms with van der Waals surface area (Å²) in [5.74, 6) is -1.77. The molecule has 140 valence electrons. The molecule has 0 saturated carbocycles. The lowest BCUT2D eigenvalue weighted by molar-refractivity contribution is -0.119. The maximum atomic E-state index is 12.1. The fourth-order valence-corrected chi connectivity index (χ4v) is 3.04. The summed E-state index contributed by atoms with van der Waals surface area (Å²) >= 11 is 1.28. The number of rotatable bonds is 7. The minimum absolute atomic E-state index is 0.0827. The number of aryl methyl sites for hydroxylation is 1. The summed E-state index contributed by atoms with van der Waals surface area (Å²) in [6.07, 6.45) is 0. The van der Waals surface area contributed by atoms with Crippen molar-refractivity contribution >= 4 is 34.2 Å². The average molecular weight is 380 g/mol. The molecular weight excluding hydrogens is 360 g/mol. The molecule has 0 saturated heterocycles. The predicted octanol–water partition coefficient (Wildman–Crippen LogP) is 3.14. The second-order valence-corrected chi connectivity index (χ2v) is 6.81. The number of aromatic nitrogens is 1. The smallest absolute Gasteiger partial charge is 0.377 e. The highest BCUT2D eigenvalue weighted by atomic mass is 32.1. The molecule has 8 nitrogen and oxygen atoms in total. The highest BCUT2D eigenvalue weighted by molar-refractivity contribution is 7.16. The van der Waals surface area contributed by atoms with Gasteiger partial charge in [-0.05, 0) is 25.8 Å². The van der Waals surface area contributed by atoms with Crippen molar-refractivity contribution in [1.82, 2.24) is 5.16 Å². The maximum Gasteiger partial charge on any atom is 0.377 e. The molecule has 26 heavy (non-hydrogen) atoms. The normalized spacial score (nSPS) is 10.7. The zero-order valence-corrected chi connectivity index (χ0v) is 15.8. The van der Waals surface area contributed by atoms with Gasteiger partial charge in [-0.25, -0.2) is 9.59 Å². The Morgan fingerprint density at radius 3 is 2.54 bits per heavy atom. The van der Waals surface area contributed by atoms with Crippen LogP contribution in [0.4, 0.5) is 5.00 Å². The molecule has 2 aromatic heterocycles. The van der Waals surface area contributed by atoms with Gasteiger partial charge in [0.25, 0.3) is 5.91 Å². The van der Waals surface area contributed by atoms with E-state index in [1.807, 2.05) is 13.8 Å². The molecule has 0 atom stereocenters. The van der Waals surface area contributed by atoms with Gasteiger partial charge in [-0.2, -0.15) is 0 Å². The number of hydrogen-bond acceptors (Lipinski definition) is 8. The van der Waals surface area contributed by atoms with Gasteiger partial charge in [0.15, 0.2) is 6.61 Å². The Kier molecular flexibility index (Phi) is 6.51. The van der Waals surface area contributed by atoms with Crippen LogP contribution in [0.25, 0.3) is 0 Å². The van der Waals surface area contributed by atoms with Crippen LogP contribution in [0.2, 0.25) is 0 Å². The lowest BCUT2D eigenvalue weighted by Gasteiger charge is -2.06. The zero-order chi connectivity index (χ0) is 19.3. The number of carbonyl (C=O) groups is 3. The van der Waals surface area contributed by atoms with Gasteiger partial charge >= 0.3 is 11.9 Å². The molecule has 0 aliphatic rings. The largest absolute Gasteiger partial charge is 0.462 e. The molecule has 0 aliphatic carbocycles. The van der Waals surface area contributed by atoms with Crippen LogP contribution in [0.1, 0.15) is 58.2 Å². The number of carbonyl (C=O) groups excluding carboxylic acids is 3. The van der Waals surface area contributed by atoms with Gasteiger partial charge in [0, 0.05) is 10.9 Å². The van der Waals surface area contributed by atoms with Crippen molar-refractivity contribution in [2.24, 2.45) is 0 Å². The third kappa shape index (κ3) is 4.92. The number of amides is 1. The molecule has 1 N–H and O–H groups in total. The standard InChI is InChI=1S/C17H20N2O6S/c1-5-23-16(21)11-7-13(9(2)3)26-15(11)18-14(20)8-24-17(22)12-6-10(4)19-25-12/h6-7,9H,5,8H2,1-4H3,(H,18,20). The minimum atomic E-state index is -0.791. The van der Waals surface area contributed by atoms with Crippen LogP contribution < -0.4 is 5.32 Å². The molecule has 0 aliphatic heterocycles. The van der Waals surface area contributed by atoms with Crippen molar-refractivity contribution < 1.29 is 28.4 Å². The van der Waals surface area contributed by atoms with Crippen LogP contribution in [0, 0.1) is 6.92 Å². The van der Waals surface area contributed by atoms with Gasteiger partial charge in [0.1, 0.15) is 5.00 Å². The Labute approximate surface area is 154 Å². The molecule has 1 amide bonds. The zero-order valence-electron chi connectivity index (χ0n) is 15.0. The Hall–Kier alpha value is -2.68. The summed E-state index contributed by atoms with van der Waals surface area (Å²) in [7, 11) is 0. The first kappa shape index (κ1) is 19.6. The van der Waals surface area contributed by atoms with Crippen molar-refractivity contribution in [1.29, 1.82) is 0 Å². The molecule has 2 aromatic rings. The third-order valence-electron chi connectivity index (χ3n) is 3.23. The first-order valence-corrected chi connectivity index (χ1v) is 8.84. The van der Waals surface area contributed by atoms with E-state index in [4.69, 9.17) is 14.0 Å². The van der Waals surface area contributed by atoms with E-state index in [-0.39, 0.29) is 23.8 Å². The fraction of sp³-hybridized carbons (Fsp3) is 0.412. The Bertz CT molecular complexity index is 808. The molecule has 2 heterocycles. The van der Waals surface area contributed by atoms with E-state index in [0.717, 1.165) is 4.88 Å². The number of anilines is 1. The van der Waals surface area contributed by atoms with Crippen molar-refractivity contribution in [3.8, 4) is 0 Å². The van der Waals surface area contributed by atoms with Gasteiger partial charge in [0.05, 0.1) is 17.9 Å². The third-order valence-corrected chi connectivity index (χ3v) is 4.58. The molecule has 0 fully saturated rings. The number of ether oxygens (including phenoxy) is 2. The second kappa shape index (κ2) is 8.61. The SMILES string of the molecule is CCOC(=O)c1cc(C(C)C)sc1NC(=O)COC(=O)c1cc(C)no1. The van der Waals surface area contributed by atoms with E-state index in [1.54, 1.807) is 19.9 Å². The van der Waals surface area contributed by atoms with Gasteiger partial charge in [0.2, 0.25) is 5.76 Å². The van der Waals surface area contributed by atoms with E-state index < -0.39 is 24.5 Å². The van der Waals surface area contributed by atoms with Crippen LogP contribution in [0.5, 0.6) is 0 Å². The van der Waals surface area contributed by atoms with E-state index in [9.17, 15) is 14.4 Å². The van der Waals surface area contributed by atoms with Crippen LogP contribution >= 0.6 is 11.3 Å². The summed E-state index contributed by atoms with van der Waals surface area (Å²) in [4.78, 5) is 36.8. The van der Waals surface area contributed by atoms with Crippen molar-refractivity contribution in [2.45, 2.75) is 33.6 Å². The summed E-state index contributed by atoms with van der Waals surface area (Å²) < 4.78 is 14.7. The summed E-state index contributed by atoms with van der Waals surface area (Å²) in [6, 6.07) is 3.11. The molecule has 2 rings (SSSR count). The lowest BCUT2D eigenvalue weighted by Crippen LogP contribution is -2.21. The quantitative estimate of drug-likeness (QED) is 0.735. The molecule has 0 unspecified atom stereocenters. The molecule has 0 spiro atoms. The van der Waals surface area contributed by atoms with E-state index in [0.29, 0.717) is 10.7 Å². The van der Waals surface area contributed by atoms with Gasteiger partial charge in [-0.3, -0.25) is 4.79 Å². The van der Waals surface area contributed by atoms with Gasteiger partial charge < -0.3 is 19.3 Å². The van der Waals surface area contributed by atoms with Crippen LogP contribution in [0.3, 0.4) is 0 Å². The molecule has 0 aromatic carbocycles. The average Bonchev–Trinajstić information content (AvgIpc) is 3.19. The number of thiophene rings is 1. The highest BCUT2D eigenvalue weighted by Gasteiger charge is 2.21. The molecular formula is C17H20N2O6S. The summed E-state index contributed by atoms with van der Waals surface area (Å²) in [5.41, 5.74) is 0.811. The Morgan fingerprint density at radius 2 is 1.96 bits per heavy atom. The van der Waals surface area contributed by atoms with Crippen molar-refractivity contribution in [3.05, 3.63) is 34.0 Å². The number of esters is 2. The van der Waals surface area contributed by atoms with E-state index in [1.165, 1.54) is 17.4 Å². The maximum absolute atomic E-state index is 12.1. The first-order chi connectivity index (χ1) is 12.3. The summed E-state index contributed by atoms with van der Waals surface area (Å²) in [5, 5.41) is 6.53. The van der Waals surface area contributed by atoms with Crippen LogP contribution in [-0.4, -0.2) is 36.2 Å². The molecule has 0 radical (unpaired) electrons. The van der Waals surface area contributed by atoms with Crippen molar-refractivity contribution in [3.63, 3.8) is 0 Å². The Morgan fingerprint density at radius 1 is 1.23 bits per heavy atom. The number of nitrogens with one attached hydrogen (secondary N) is 1. The molecule has 0 bridgehead atoms. The Balaban J connectivity index is 2.03. The van der Waals surface area contributed by atoms with Crippen LogP contribution in [0.15, 0.2) is 16.7 Å². The van der Waals surface area contributed by atoms with E-state index >= 15 is 0 Å². The summed E-state index contributed by atoms with van der Waals surface area (Å²) in [6.45, 7) is 7.04.